The first kappa shape index (κ1) is 12.0. The second kappa shape index (κ2) is 6.40. The summed E-state index contributed by atoms with van der Waals surface area (Å²) in [5, 5.41) is 0.849. The van der Waals surface area contributed by atoms with Crippen LogP contribution in [0.4, 0.5) is 0 Å². The van der Waals surface area contributed by atoms with E-state index in [-0.39, 0.29) is 12.5 Å². The maximum Gasteiger partial charge on any atom is 0.248 e. The number of ether oxygens (including phenoxy) is 1. The van der Waals surface area contributed by atoms with E-state index >= 15 is 0 Å². The Morgan fingerprint density at radius 3 is 2.71 bits per heavy atom. The van der Waals surface area contributed by atoms with Crippen LogP contribution < -0.4 is 0 Å². The van der Waals surface area contributed by atoms with Gasteiger partial charge in [-0.25, -0.2) is 0 Å². The lowest BCUT2D eigenvalue weighted by Crippen LogP contribution is -2.46. The van der Waals surface area contributed by atoms with Gasteiger partial charge in [-0.2, -0.15) is 0 Å². The second-order valence-corrected chi connectivity index (χ2v) is 4.29. The van der Waals surface area contributed by atoms with Crippen LogP contribution in [0.15, 0.2) is 0 Å². The largest absolute Gasteiger partial charge is 0.372 e. The first-order chi connectivity index (χ1) is 6.79. The van der Waals surface area contributed by atoms with Crippen molar-refractivity contribution in [1.82, 2.24) is 4.90 Å². The number of halogens is 1. The molecule has 1 saturated carbocycles. The van der Waals surface area contributed by atoms with Gasteiger partial charge in [0.15, 0.2) is 0 Å². The Balaban J connectivity index is 2.35. The molecule has 1 fully saturated rings. The zero-order valence-corrected chi connectivity index (χ0v) is 10.3. The minimum Gasteiger partial charge on any atom is -0.372 e. The Morgan fingerprint density at radius 1 is 1.57 bits per heavy atom. The third kappa shape index (κ3) is 3.24. The molecule has 4 heteroatoms. The Kier molecular flexibility index (Phi) is 5.48. The molecule has 0 unspecified atom stereocenters. The fourth-order valence-electron chi connectivity index (χ4n) is 1.57. The van der Waals surface area contributed by atoms with Crippen molar-refractivity contribution in [2.45, 2.75) is 32.2 Å². The van der Waals surface area contributed by atoms with E-state index < -0.39 is 0 Å². The number of rotatable bonds is 6. The first-order valence-electron chi connectivity index (χ1n) is 5.22. The third-order valence-corrected chi connectivity index (χ3v) is 2.95. The van der Waals surface area contributed by atoms with E-state index in [1.54, 1.807) is 0 Å². The Hall–Kier alpha value is -0.0900. The molecule has 0 aromatic carbocycles. The highest BCUT2D eigenvalue weighted by Crippen LogP contribution is 2.24. The number of hydrogen-bond donors (Lipinski definition) is 0. The molecule has 0 bridgehead atoms. The van der Waals surface area contributed by atoms with E-state index in [4.69, 9.17) is 4.74 Å². The van der Waals surface area contributed by atoms with Gasteiger partial charge >= 0.3 is 0 Å². The topological polar surface area (TPSA) is 29.5 Å². The molecule has 0 heterocycles. The summed E-state index contributed by atoms with van der Waals surface area (Å²) >= 11 is 3.37. The van der Waals surface area contributed by atoms with Crippen molar-refractivity contribution >= 4 is 21.8 Å². The van der Waals surface area contributed by atoms with Gasteiger partial charge in [-0.1, -0.05) is 15.9 Å². The molecule has 3 nitrogen and oxygen atoms in total. The Morgan fingerprint density at radius 2 is 2.29 bits per heavy atom. The molecule has 82 valence electrons. The number of alkyl halides is 1. The highest BCUT2D eigenvalue weighted by Gasteiger charge is 2.27. The number of hydrogen-bond acceptors (Lipinski definition) is 2. The van der Waals surface area contributed by atoms with Crippen molar-refractivity contribution in [3.63, 3.8) is 0 Å². The molecule has 14 heavy (non-hydrogen) atoms. The summed E-state index contributed by atoms with van der Waals surface area (Å²) in [5.74, 6) is 0.135. The van der Waals surface area contributed by atoms with Gasteiger partial charge in [-0.15, -0.1) is 0 Å². The summed E-state index contributed by atoms with van der Waals surface area (Å²) in [6.45, 7) is 3.56. The van der Waals surface area contributed by atoms with Crippen LogP contribution in [0.3, 0.4) is 0 Å². The average molecular weight is 264 g/mol. The van der Waals surface area contributed by atoms with Crippen molar-refractivity contribution in [2.75, 3.05) is 25.1 Å². The van der Waals surface area contributed by atoms with Crippen LogP contribution in [0, 0.1) is 0 Å². The van der Waals surface area contributed by atoms with Crippen LogP contribution in [-0.2, 0) is 9.53 Å². The van der Waals surface area contributed by atoms with Crippen LogP contribution in [0.25, 0.3) is 0 Å². The van der Waals surface area contributed by atoms with Gasteiger partial charge < -0.3 is 9.64 Å². The highest BCUT2D eigenvalue weighted by atomic mass is 79.9. The minimum atomic E-state index is 0.135. The maximum absolute atomic E-state index is 11.7. The number of carbonyl (C=O) groups excluding carboxylic acids is 1. The van der Waals surface area contributed by atoms with Gasteiger partial charge in [-0.05, 0) is 26.2 Å². The number of amides is 1. The summed E-state index contributed by atoms with van der Waals surface area (Å²) < 4.78 is 5.13. The van der Waals surface area contributed by atoms with Crippen molar-refractivity contribution < 1.29 is 9.53 Å². The minimum absolute atomic E-state index is 0.135. The van der Waals surface area contributed by atoms with Crippen molar-refractivity contribution in [3.05, 3.63) is 0 Å². The number of nitrogens with zero attached hydrogens (tertiary/aromatic N) is 1. The molecule has 0 N–H and O–H groups in total. The third-order valence-electron chi connectivity index (χ3n) is 2.59. The van der Waals surface area contributed by atoms with Crippen LogP contribution in [0.2, 0.25) is 0 Å². The lowest BCUT2D eigenvalue weighted by atomic mass is 9.91. The molecule has 1 rings (SSSR count). The molecule has 1 amide bonds. The fourth-order valence-corrected chi connectivity index (χ4v) is 1.95. The molecule has 0 saturated heterocycles. The molecule has 0 aromatic heterocycles. The smallest absolute Gasteiger partial charge is 0.248 e. The summed E-state index contributed by atoms with van der Waals surface area (Å²) in [5.41, 5.74) is 0. The van der Waals surface area contributed by atoms with E-state index in [1.807, 2.05) is 11.8 Å². The molecule has 0 spiro atoms. The van der Waals surface area contributed by atoms with Gasteiger partial charge in [-0.3, -0.25) is 4.79 Å². The molecule has 0 atom stereocenters. The van der Waals surface area contributed by atoms with Gasteiger partial charge in [0.25, 0.3) is 0 Å². The van der Waals surface area contributed by atoms with E-state index in [9.17, 15) is 4.79 Å². The summed E-state index contributed by atoms with van der Waals surface area (Å²) in [6.07, 6.45) is 3.57. The Labute approximate surface area is 93.9 Å². The van der Waals surface area contributed by atoms with Crippen LogP contribution >= 0.6 is 15.9 Å². The first-order valence-corrected chi connectivity index (χ1v) is 6.35. The zero-order valence-electron chi connectivity index (χ0n) is 8.67. The number of carbonyl (C=O) groups is 1. The molecule has 1 aliphatic carbocycles. The van der Waals surface area contributed by atoms with Crippen LogP contribution in [0.1, 0.15) is 26.2 Å². The maximum atomic E-state index is 11.7. The van der Waals surface area contributed by atoms with Crippen LogP contribution in [0.5, 0.6) is 0 Å². The monoisotopic (exact) mass is 263 g/mol. The quantitative estimate of drug-likeness (QED) is 0.685. The lowest BCUT2D eigenvalue weighted by molar-refractivity contribution is -0.139. The molecule has 1 aliphatic rings. The molecule has 0 aromatic rings. The van der Waals surface area contributed by atoms with Gasteiger partial charge in [0, 0.05) is 24.5 Å². The lowest BCUT2D eigenvalue weighted by Gasteiger charge is -2.37. The molecule has 0 radical (unpaired) electrons. The van der Waals surface area contributed by atoms with Crippen molar-refractivity contribution in [3.8, 4) is 0 Å². The predicted octanol–water partition coefficient (Wildman–Crippen LogP) is 1.80. The molecule has 0 aliphatic heterocycles. The van der Waals surface area contributed by atoms with Gasteiger partial charge in [0.1, 0.15) is 6.61 Å². The molecular formula is C10H18BrNO2. The van der Waals surface area contributed by atoms with Gasteiger partial charge in [0.05, 0.1) is 0 Å². The van der Waals surface area contributed by atoms with E-state index in [2.05, 4.69) is 15.9 Å². The SMILES string of the molecule is CCOCC(=O)N(CCBr)C1CCC1. The van der Waals surface area contributed by atoms with E-state index in [1.165, 1.54) is 6.42 Å². The summed E-state index contributed by atoms with van der Waals surface area (Å²) in [7, 11) is 0. The summed E-state index contributed by atoms with van der Waals surface area (Å²) in [4.78, 5) is 13.7. The zero-order chi connectivity index (χ0) is 10.4. The second-order valence-electron chi connectivity index (χ2n) is 3.50. The molecular weight excluding hydrogens is 246 g/mol. The van der Waals surface area contributed by atoms with E-state index in [0.29, 0.717) is 12.6 Å². The van der Waals surface area contributed by atoms with Crippen molar-refractivity contribution in [2.24, 2.45) is 0 Å². The highest BCUT2D eigenvalue weighted by molar-refractivity contribution is 9.09. The average Bonchev–Trinajstić information content (AvgIpc) is 2.10. The van der Waals surface area contributed by atoms with Gasteiger partial charge in [0.2, 0.25) is 5.91 Å². The van der Waals surface area contributed by atoms with Crippen LogP contribution in [-0.4, -0.2) is 41.9 Å². The predicted molar refractivity (Wildman–Crippen MR) is 59.6 cm³/mol. The standard InChI is InChI=1S/C10H18BrNO2/c1-2-14-8-10(13)12(7-6-11)9-4-3-5-9/h9H,2-8H2,1H3. The van der Waals surface area contributed by atoms with E-state index in [0.717, 1.165) is 24.7 Å². The normalized spacial score (nSPS) is 16.4. The summed E-state index contributed by atoms with van der Waals surface area (Å²) in [6, 6.07) is 0.473. The Bertz CT molecular complexity index is 183. The van der Waals surface area contributed by atoms with Crippen molar-refractivity contribution in [1.29, 1.82) is 0 Å². The fraction of sp³-hybridized carbons (Fsp3) is 0.900.